The van der Waals surface area contributed by atoms with Crippen molar-refractivity contribution in [1.82, 2.24) is 0 Å². The summed E-state index contributed by atoms with van der Waals surface area (Å²) in [4.78, 5) is 0. The molecule has 1 aliphatic carbocycles. The first-order chi connectivity index (χ1) is 15.2. The molecular formula is C30H36O. The van der Waals surface area contributed by atoms with Crippen molar-refractivity contribution < 1.29 is 5.11 Å². The number of hydrogen-bond donors (Lipinski definition) is 1. The van der Waals surface area contributed by atoms with E-state index in [1.54, 1.807) is 0 Å². The van der Waals surface area contributed by atoms with Crippen LogP contribution in [0.2, 0.25) is 0 Å². The third kappa shape index (κ3) is 5.28. The van der Waals surface area contributed by atoms with E-state index in [2.05, 4.69) is 55.5 Å². The molecule has 0 aliphatic heterocycles. The van der Waals surface area contributed by atoms with E-state index in [0.29, 0.717) is 0 Å². The number of aryl methyl sites for hydroxylation is 2. The monoisotopic (exact) mass is 412 g/mol. The summed E-state index contributed by atoms with van der Waals surface area (Å²) < 4.78 is 0. The predicted octanol–water partition coefficient (Wildman–Crippen LogP) is 7.45. The van der Waals surface area contributed by atoms with Crippen molar-refractivity contribution in [3.8, 4) is 0 Å². The van der Waals surface area contributed by atoms with Gasteiger partial charge in [0.05, 0.1) is 0 Å². The van der Waals surface area contributed by atoms with Crippen LogP contribution in [0.3, 0.4) is 0 Å². The maximum Gasteiger partial charge on any atom is 0.117 e. The first-order valence-corrected chi connectivity index (χ1v) is 12.0. The normalized spacial score (nSPS) is 19.3. The summed E-state index contributed by atoms with van der Waals surface area (Å²) in [6.07, 6.45) is 9.77. The molecule has 0 spiro atoms. The molecule has 3 aromatic carbocycles. The molecule has 1 nitrogen and oxygen atoms in total. The Labute approximate surface area is 188 Å². The summed E-state index contributed by atoms with van der Waals surface area (Å²) in [5.41, 5.74) is 3.97. The van der Waals surface area contributed by atoms with Gasteiger partial charge in [0.15, 0.2) is 0 Å². The SMILES string of the molecule is Cc1ccc(CCCCC2CCC(C(O)(c3ccccc3)c3ccccc3)CC2)cc1. The molecule has 0 atom stereocenters. The Bertz CT molecular complexity index is 866. The third-order valence-electron chi connectivity index (χ3n) is 7.31. The Morgan fingerprint density at radius 3 is 1.81 bits per heavy atom. The van der Waals surface area contributed by atoms with E-state index in [1.807, 2.05) is 36.4 Å². The molecule has 31 heavy (non-hydrogen) atoms. The molecule has 0 bridgehead atoms. The van der Waals surface area contributed by atoms with Gasteiger partial charge in [-0.3, -0.25) is 0 Å². The first-order valence-electron chi connectivity index (χ1n) is 12.0. The number of unbranched alkanes of at least 4 members (excludes halogenated alkanes) is 1. The van der Waals surface area contributed by atoms with E-state index in [1.165, 1.54) is 49.7 Å². The van der Waals surface area contributed by atoms with Gasteiger partial charge in [-0.15, -0.1) is 0 Å². The molecule has 0 heterocycles. The van der Waals surface area contributed by atoms with Crippen LogP contribution >= 0.6 is 0 Å². The maximum atomic E-state index is 12.0. The van der Waals surface area contributed by atoms with Gasteiger partial charge in [-0.2, -0.15) is 0 Å². The predicted molar refractivity (Wildman–Crippen MR) is 130 cm³/mol. The van der Waals surface area contributed by atoms with Crippen LogP contribution in [0.25, 0.3) is 0 Å². The van der Waals surface area contributed by atoms with E-state index in [-0.39, 0.29) is 5.92 Å². The molecule has 3 aromatic rings. The van der Waals surface area contributed by atoms with Crippen molar-refractivity contribution in [2.45, 2.75) is 63.9 Å². The highest BCUT2D eigenvalue weighted by atomic mass is 16.3. The van der Waals surface area contributed by atoms with E-state index in [9.17, 15) is 5.11 Å². The lowest BCUT2D eigenvalue weighted by atomic mass is 9.67. The minimum absolute atomic E-state index is 0.279. The molecule has 162 valence electrons. The minimum atomic E-state index is -0.890. The molecule has 0 radical (unpaired) electrons. The maximum absolute atomic E-state index is 12.0. The van der Waals surface area contributed by atoms with Gasteiger partial charge in [0, 0.05) is 0 Å². The number of aliphatic hydroxyl groups is 1. The fraction of sp³-hybridized carbons (Fsp3) is 0.400. The van der Waals surface area contributed by atoms with Crippen LogP contribution in [0.5, 0.6) is 0 Å². The molecule has 0 amide bonds. The molecule has 1 N–H and O–H groups in total. The zero-order valence-corrected chi connectivity index (χ0v) is 18.8. The molecule has 0 unspecified atom stereocenters. The quantitative estimate of drug-likeness (QED) is 0.381. The summed E-state index contributed by atoms with van der Waals surface area (Å²) in [5.74, 6) is 1.09. The molecule has 4 rings (SSSR count). The van der Waals surface area contributed by atoms with Crippen LogP contribution in [0.15, 0.2) is 84.9 Å². The van der Waals surface area contributed by atoms with Crippen LogP contribution in [0.4, 0.5) is 0 Å². The van der Waals surface area contributed by atoms with Gasteiger partial charge < -0.3 is 5.11 Å². The molecule has 1 heteroatoms. The van der Waals surface area contributed by atoms with Gasteiger partial charge in [-0.05, 0) is 61.1 Å². The minimum Gasteiger partial charge on any atom is -0.380 e. The molecule has 1 aliphatic rings. The second-order valence-corrected chi connectivity index (χ2v) is 9.45. The summed E-state index contributed by atoms with van der Waals surface area (Å²) >= 11 is 0. The highest BCUT2D eigenvalue weighted by Gasteiger charge is 2.41. The van der Waals surface area contributed by atoms with E-state index in [0.717, 1.165) is 29.9 Å². The molecule has 1 saturated carbocycles. The summed E-state index contributed by atoms with van der Waals surface area (Å²) in [6.45, 7) is 2.15. The van der Waals surface area contributed by atoms with Gasteiger partial charge in [0.1, 0.15) is 5.60 Å². The second-order valence-electron chi connectivity index (χ2n) is 9.45. The summed E-state index contributed by atoms with van der Waals surface area (Å²) in [6, 6.07) is 29.6. The van der Waals surface area contributed by atoms with E-state index >= 15 is 0 Å². The topological polar surface area (TPSA) is 20.2 Å². The van der Waals surface area contributed by atoms with Crippen LogP contribution in [0.1, 0.15) is 67.2 Å². The van der Waals surface area contributed by atoms with Crippen LogP contribution in [0, 0.1) is 18.8 Å². The molecule has 0 saturated heterocycles. The summed E-state index contributed by atoms with van der Waals surface area (Å²) in [5, 5.41) is 12.0. The van der Waals surface area contributed by atoms with Crippen molar-refractivity contribution in [1.29, 1.82) is 0 Å². The van der Waals surface area contributed by atoms with Crippen molar-refractivity contribution >= 4 is 0 Å². The largest absolute Gasteiger partial charge is 0.380 e. The number of benzene rings is 3. The zero-order chi connectivity index (χ0) is 21.5. The smallest absolute Gasteiger partial charge is 0.117 e. The highest BCUT2D eigenvalue weighted by Crippen LogP contribution is 2.45. The summed E-state index contributed by atoms with van der Waals surface area (Å²) in [7, 11) is 0. The lowest BCUT2D eigenvalue weighted by molar-refractivity contribution is -0.00811. The van der Waals surface area contributed by atoms with Crippen molar-refractivity contribution in [3.63, 3.8) is 0 Å². The Kier molecular flexibility index (Phi) is 7.25. The Hall–Kier alpha value is -2.38. The fourth-order valence-electron chi connectivity index (χ4n) is 5.41. The second kappa shape index (κ2) is 10.3. The van der Waals surface area contributed by atoms with Crippen molar-refractivity contribution in [2.24, 2.45) is 11.8 Å². The molecule has 1 fully saturated rings. The van der Waals surface area contributed by atoms with Gasteiger partial charge in [0.2, 0.25) is 0 Å². The Morgan fingerprint density at radius 2 is 1.26 bits per heavy atom. The zero-order valence-electron chi connectivity index (χ0n) is 18.8. The van der Waals surface area contributed by atoms with E-state index < -0.39 is 5.60 Å². The Balaban J connectivity index is 1.33. The third-order valence-corrected chi connectivity index (χ3v) is 7.31. The van der Waals surface area contributed by atoms with Gasteiger partial charge in [0.25, 0.3) is 0 Å². The fourth-order valence-corrected chi connectivity index (χ4v) is 5.41. The van der Waals surface area contributed by atoms with Gasteiger partial charge in [-0.1, -0.05) is 116 Å². The van der Waals surface area contributed by atoms with Crippen molar-refractivity contribution in [3.05, 3.63) is 107 Å². The van der Waals surface area contributed by atoms with E-state index in [4.69, 9.17) is 0 Å². The highest BCUT2D eigenvalue weighted by molar-refractivity contribution is 5.37. The lowest BCUT2D eigenvalue weighted by Gasteiger charge is -2.41. The molecular weight excluding hydrogens is 376 g/mol. The van der Waals surface area contributed by atoms with Crippen molar-refractivity contribution in [2.75, 3.05) is 0 Å². The van der Waals surface area contributed by atoms with Gasteiger partial charge >= 0.3 is 0 Å². The average molecular weight is 413 g/mol. The Morgan fingerprint density at radius 1 is 0.710 bits per heavy atom. The first kappa shape index (κ1) is 21.8. The van der Waals surface area contributed by atoms with Crippen LogP contribution in [-0.2, 0) is 12.0 Å². The van der Waals surface area contributed by atoms with Gasteiger partial charge in [-0.25, -0.2) is 0 Å². The van der Waals surface area contributed by atoms with Crippen LogP contribution in [-0.4, -0.2) is 5.11 Å². The lowest BCUT2D eigenvalue weighted by Crippen LogP contribution is -2.38. The number of rotatable bonds is 8. The molecule has 0 aromatic heterocycles. The average Bonchev–Trinajstić information content (AvgIpc) is 2.84. The number of hydrogen-bond acceptors (Lipinski definition) is 1. The van der Waals surface area contributed by atoms with Crippen LogP contribution < -0.4 is 0 Å². The standard InChI is InChI=1S/C30H36O/c1-24-16-18-25(19-17-24)10-8-9-11-26-20-22-29(23-21-26)30(31,27-12-4-2-5-13-27)28-14-6-3-7-15-28/h2-7,12-19,26,29,31H,8-11,20-23H2,1H3.